The molecule has 1 rings (SSSR count). The molecule has 0 aliphatic rings. The molecule has 0 unspecified atom stereocenters. The first-order valence-electron chi connectivity index (χ1n) is 6.54. The minimum Gasteiger partial charge on any atom is -0.744 e. The van der Waals surface area contributed by atoms with Gasteiger partial charge in [-0.3, -0.25) is 9.59 Å². The number of carbonyl (C=O) groups excluding carboxylic acids is 2. The van der Waals surface area contributed by atoms with Crippen molar-refractivity contribution < 1.29 is 61.6 Å². The van der Waals surface area contributed by atoms with Crippen LogP contribution in [0, 0.1) is 0 Å². The summed E-state index contributed by atoms with van der Waals surface area (Å²) >= 11 is 0. The second-order valence-corrected chi connectivity index (χ2v) is 5.92. The number of hydrogen-bond acceptors (Lipinski definition) is 7. The molecule has 0 spiro atoms. The minimum absolute atomic E-state index is 0. The minimum atomic E-state index is -4.65. The van der Waals surface area contributed by atoms with Crippen molar-refractivity contribution in [3.63, 3.8) is 0 Å². The van der Waals surface area contributed by atoms with Crippen molar-refractivity contribution in [3.8, 4) is 0 Å². The van der Waals surface area contributed by atoms with Crippen LogP contribution in [0.3, 0.4) is 0 Å². The molecular weight excluding hydrogens is 335 g/mol. The summed E-state index contributed by atoms with van der Waals surface area (Å²) in [5, 5.41) is 0. The van der Waals surface area contributed by atoms with Crippen LogP contribution in [-0.2, 0) is 42.0 Å². The normalized spacial score (nSPS) is 10.6. The number of benzene rings is 1. The second-order valence-electron chi connectivity index (χ2n) is 4.58. The van der Waals surface area contributed by atoms with Crippen LogP contribution in [-0.4, -0.2) is 38.1 Å². The quantitative estimate of drug-likeness (QED) is 0.311. The molecule has 0 radical (unpaired) electrons. The van der Waals surface area contributed by atoms with Crippen molar-refractivity contribution in [2.75, 3.05) is 13.2 Å². The second kappa shape index (κ2) is 10.0. The summed E-state index contributed by atoms with van der Waals surface area (Å²) in [6.45, 7) is 2.60. The van der Waals surface area contributed by atoms with E-state index in [1.54, 1.807) is 6.07 Å². The smallest absolute Gasteiger partial charge is 0.744 e. The Labute approximate surface area is 157 Å². The van der Waals surface area contributed by atoms with Crippen molar-refractivity contribution in [2.45, 2.75) is 31.6 Å². The summed E-state index contributed by atoms with van der Waals surface area (Å²) in [6, 6.07) is 4.40. The Morgan fingerprint density at radius 2 is 1.57 bits per heavy atom. The molecule has 0 atom stereocenters. The summed E-state index contributed by atoms with van der Waals surface area (Å²) in [4.78, 5) is 21.0. The number of rotatable bonds is 7. The first-order chi connectivity index (χ1) is 10.2. The maximum Gasteiger partial charge on any atom is 1.00 e. The predicted octanol–water partition coefficient (Wildman–Crippen LogP) is -2.19. The van der Waals surface area contributed by atoms with Crippen LogP contribution in [0.1, 0.15) is 25.0 Å². The van der Waals surface area contributed by atoms with Crippen LogP contribution >= 0.6 is 0 Å². The summed E-state index contributed by atoms with van der Waals surface area (Å²) in [5.74, 6) is -0.917. The molecule has 0 aliphatic carbocycles. The Morgan fingerprint density at radius 3 is 2.04 bits per heavy atom. The van der Waals surface area contributed by atoms with Gasteiger partial charge in [0.2, 0.25) is 0 Å². The fraction of sp³-hybridized carbons (Fsp3) is 0.429. The largest absolute Gasteiger partial charge is 1.00 e. The van der Waals surface area contributed by atoms with Crippen LogP contribution in [0.15, 0.2) is 23.1 Å². The van der Waals surface area contributed by atoms with Crippen LogP contribution in [0.4, 0.5) is 0 Å². The maximum absolute atomic E-state index is 11.3. The van der Waals surface area contributed by atoms with E-state index in [0.717, 1.165) is 0 Å². The van der Waals surface area contributed by atoms with Crippen molar-refractivity contribution in [1.29, 1.82) is 0 Å². The molecule has 0 bridgehead atoms. The molecule has 7 nitrogen and oxygen atoms in total. The van der Waals surface area contributed by atoms with Crippen molar-refractivity contribution in [3.05, 3.63) is 29.3 Å². The van der Waals surface area contributed by atoms with E-state index >= 15 is 0 Å². The first kappa shape index (κ1) is 22.1. The van der Waals surface area contributed by atoms with Gasteiger partial charge in [-0.2, -0.15) is 0 Å². The fourth-order valence-electron chi connectivity index (χ4n) is 1.81. The average Bonchev–Trinajstić information content (AvgIpc) is 2.38. The van der Waals surface area contributed by atoms with Gasteiger partial charge in [-0.15, -0.1) is 0 Å². The SMILES string of the molecule is CC(=O)OCCc1ccc(CCOC(C)=O)c(S(=O)(=O)[O-])c1.[Na+]. The predicted molar refractivity (Wildman–Crippen MR) is 75.1 cm³/mol. The molecule has 1 aromatic carbocycles. The van der Waals surface area contributed by atoms with Crippen LogP contribution in [0.25, 0.3) is 0 Å². The zero-order chi connectivity index (χ0) is 16.8. The Kier molecular flexibility index (Phi) is 9.64. The van der Waals surface area contributed by atoms with Crippen LogP contribution < -0.4 is 29.6 Å². The van der Waals surface area contributed by atoms with Crippen molar-refractivity contribution in [2.24, 2.45) is 0 Å². The monoisotopic (exact) mass is 352 g/mol. The maximum atomic E-state index is 11.3. The number of esters is 2. The zero-order valence-corrected chi connectivity index (χ0v) is 16.1. The van der Waals surface area contributed by atoms with Gasteiger partial charge in [0, 0.05) is 26.7 Å². The van der Waals surface area contributed by atoms with Gasteiger partial charge >= 0.3 is 41.5 Å². The van der Waals surface area contributed by atoms with Gasteiger partial charge in [-0.25, -0.2) is 8.42 Å². The third-order valence-electron chi connectivity index (χ3n) is 2.77. The van der Waals surface area contributed by atoms with E-state index in [4.69, 9.17) is 9.47 Å². The third kappa shape index (κ3) is 8.47. The van der Waals surface area contributed by atoms with E-state index in [-0.39, 0.29) is 59.7 Å². The summed E-state index contributed by atoms with van der Waals surface area (Å²) in [5.41, 5.74) is 0.847. The molecule has 122 valence electrons. The zero-order valence-electron chi connectivity index (χ0n) is 13.3. The molecule has 0 aromatic heterocycles. The molecule has 0 aliphatic heterocycles. The van der Waals surface area contributed by atoms with Gasteiger partial charge in [0.05, 0.1) is 18.1 Å². The first-order valence-corrected chi connectivity index (χ1v) is 7.95. The molecule has 23 heavy (non-hydrogen) atoms. The van der Waals surface area contributed by atoms with E-state index in [1.165, 1.54) is 26.0 Å². The molecule has 0 fully saturated rings. The van der Waals surface area contributed by atoms with E-state index in [0.29, 0.717) is 12.0 Å². The topological polar surface area (TPSA) is 110 Å². The molecule has 1 aromatic rings. The number of hydrogen-bond donors (Lipinski definition) is 0. The summed E-state index contributed by atoms with van der Waals surface area (Å²) in [7, 11) is -4.65. The van der Waals surface area contributed by atoms with Gasteiger partial charge in [0.25, 0.3) is 0 Å². The summed E-state index contributed by atoms with van der Waals surface area (Å²) in [6.07, 6.45) is 0.424. The molecule has 0 saturated carbocycles. The van der Waals surface area contributed by atoms with E-state index < -0.39 is 22.1 Å². The fourth-order valence-corrected chi connectivity index (χ4v) is 2.60. The van der Waals surface area contributed by atoms with Gasteiger partial charge in [-0.1, -0.05) is 12.1 Å². The Hall–Kier alpha value is -0.930. The molecule has 0 N–H and O–H groups in total. The van der Waals surface area contributed by atoms with Gasteiger partial charge < -0.3 is 14.0 Å². The van der Waals surface area contributed by atoms with Gasteiger partial charge in [0.15, 0.2) is 0 Å². The average molecular weight is 352 g/mol. The molecule has 0 amide bonds. The molecule has 9 heteroatoms. The Bertz CT molecular complexity index is 655. The van der Waals surface area contributed by atoms with Gasteiger partial charge in [-0.05, 0) is 17.2 Å². The van der Waals surface area contributed by atoms with Crippen molar-refractivity contribution in [1.82, 2.24) is 0 Å². The van der Waals surface area contributed by atoms with E-state index in [2.05, 4.69) is 0 Å². The molecular formula is C14H17NaO7S. The number of ether oxygens (including phenoxy) is 2. The van der Waals surface area contributed by atoms with Crippen LogP contribution in [0.5, 0.6) is 0 Å². The summed E-state index contributed by atoms with van der Waals surface area (Å²) < 4.78 is 43.5. The van der Waals surface area contributed by atoms with Gasteiger partial charge in [0.1, 0.15) is 10.1 Å². The number of carbonyl (C=O) groups is 2. The van der Waals surface area contributed by atoms with Crippen LogP contribution in [0.2, 0.25) is 0 Å². The third-order valence-corrected chi connectivity index (χ3v) is 3.69. The van der Waals surface area contributed by atoms with E-state index in [1.807, 2.05) is 0 Å². The molecule has 0 saturated heterocycles. The van der Waals surface area contributed by atoms with E-state index in [9.17, 15) is 22.6 Å². The standard InChI is InChI=1S/C14H18O7S.Na/c1-10(15)20-7-5-12-3-4-13(6-8-21-11(2)16)14(9-12)22(17,18)19;/h3-4,9H,5-8H2,1-2H3,(H,17,18,19);/q;+1/p-1. The Morgan fingerprint density at radius 1 is 1.04 bits per heavy atom. The van der Waals surface area contributed by atoms with Crippen molar-refractivity contribution >= 4 is 22.1 Å². The molecule has 0 heterocycles. The Balaban J connectivity index is 0.00000484.